The summed E-state index contributed by atoms with van der Waals surface area (Å²) in [4.78, 5) is 9.26. The molecule has 29 heavy (non-hydrogen) atoms. The molecule has 1 aliphatic rings. The lowest BCUT2D eigenvalue weighted by molar-refractivity contribution is 0.312. The van der Waals surface area contributed by atoms with Crippen molar-refractivity contribution in [3.05, 3.63) is 45.9 Å². The van der Waals surface area contributed by atoms with Crippen LogP contribution in [0.2, 0.25) is 0 Å². The summed E-state index contributed by atoms with van der Waals surface area (Å²) in [7, 11) is -1.68. The third kappa shape index (κ3) is 4.54. The fourth-order valence-electron chi connectivity index (χ4n) is 3.30. The number of nitrogens with zero attached hydrogens (tertiary/aromatic N) is 3. The molecule has 0 atom stereocenters. The average Bonchev–Trinajstić information content (AvgIpc) is 3.01. The van der Waals surface area contributed by atoms with E-state index in [0.29, 0.717) is 14.9 Å². The normalized spacial score (nSPS) is 15.3. The predicted molar refractivity (Wildman–Crippen MR) is 126 cm³/mol. The van der Waals surface area contributed by atoms with Gasteiger partial charge in [0.1, 0.15) is 10.7 Å². The minimum absolute atomic E-state index is 0. The lowest BCUT2D eigenvalue weighted by atomic mass is 10.2. The number of nitrogens with one attached hydrogen (secondary N) is 1. The molecule has 1 aliphatic heterocycles. The Labute approximate surface area is 189 Å². The van der Waals surface area contributed by atoms with Crippen molar-refractivity contribution in [1.29, 1.82) is 0 Å². The summed E-state index contributed by atoms with van der Waals surface area (Å²) >= 11 is 4.90. The molecule has 156 valence electrons. The van der Waals surface area contributed by atoms with E-state index in [-0.39, 0.29) is 17.3 Å². The highest BCUT2D eigenvalue weighted by Gasteiger charge is 2.28. The number of benzene rings is 1. The van der Waals surface area contributed by atoms with Crippen LogP contribution in [-0.4, -0.2) is 51.5 Å². The molecule has 6 nitrogen and oxygen atoms in total. The molecule has 0 amide bonds. The van der Waals surface area contributed by atoms with E-state index in [1.165, 1.54) is 11.3 Å². The van der Waals surface area contributed by atoms with Gasteiger partial charge in [-0.25, -0.2) is 13.4 Å². The van der Waals surface area contributed by atoms with Crippen molar-refractivity contribution < 1.29 is 8.42 Å². The van der Waals surface area contributed by atoms with Crippen LogP contribution in [0.5, 0.6) is 0 Å². The number of aryl methyl sites for hydroxylation is 1. The number of sulfonamides is 1. The van der Waals surface area contributed by atoms with E-state index < -0.39 is 10.0 Å². The number of pyridine rings is 1. The first-order valence-corrected chi connectivity index (χ1v) is 12.0. The molecule has 10 heteroatoms. The van der Waals surface area contributed by atoms with Crippen molar-refractivity contribution in [3.8, 4) is 0 Å². The van der Waals surface area contributed by atoms with Gasteiger partial charge < -0.3 is 9.80 Å². The Morgan fingerprint density at radius 2 is 1.76 bits per heavy atom. The summed E-state index contributed by atoms with van der Waals surface area (Å²) in [6.07, 6.45) is 1.75. The van der Waals surface area contributed by atoms with Crippen LogP contribution in [0.3, 0.4) is 0 Å². The standard InChI is InChI=1S/C19H21BrN4O2S2.ClH/c1-13-3-5-14(6-4-13)22-28(25,26)17-16-15(27-18(17)20)7-8-21-19(16)24-11-9-23(2)10-12-24;/h3-8,22H,9-12H2,1-2H3;1H. The molecule has 2 aromatic heterocycles. The van der Waals surface area contributed by atoms with Gasteiger partial charge in [0.25, 0.3) is 10.0 Å². The van der Waals surface area contributed by atoms with E-state index in [1.54, 1.807) is 18.3 Å². The van der Waals surface area contributed by atoms with Crippen LogP contribution in [0, 0.1) is 6.92 Å². The molecule has 3 aromatic rings. The highest BCUT2D eigenvalue weighted by Crippen LogP contribution is 2.43. The fraction of sp³-hybridized carbons (Fsp3) is 0.316. The Balaban J connectivity index is 0.00000240. The topological polar surface area (TPSA) is 65.5 Å². The third-order valence-corrected chi connectivity index (χ3v) is 8.54. The zero-order valence-electron chi connectivity index (χ0n) is 16.1. The second-order valence-corrected chi connectivity index (χ2v) is 11.0. The van der Waals surface area contributed by atoms with E-state index in [1.807, 2.05) is 25.1 Å². The molecule has 0 bridgehead atoms. The maximum Gasteiger partial charge on any atom is 0.264 e. The molecule has 0 radical (unpaired) electrons. The van der Waals surface area contributed by atoms with Gasteiger partial charge in [-0.3, -0.25) is 4.72 Å². The van der Waals surface area contributed by atoms with Gasteiger partial charge in [-0.15, -0.1) is 23.7 Å². The van der Waals surface area contributed by atoms with Crippen LogP contribution in [0.4, 0.5) is 11.5 Å². The maximum absolute atomic E-state index is 13.3. The van der Waals surface area contributed by atoms with Gasteiger partial charge in [0.2, 0.25) is 0 Å². The third-order valence-electron chi connectivity index (χ3n) is 4.87. The molecule has 1 N–H and O–H groups in total. The van der Waals surface area contributed by atoms with Crippen LogP contribution in [0.25, 0.3) is 10.1 Å². The Morgan fingerprint density at radius 1 is 1.10 bits per heavy atom. The largest absolute Gasteiger partial charge is 0.353 e. The van der Waals surface area contributed by atoms with Crippen molar-refractivity contribution in [1.82, 2.24) is 9.88 Å². The van der Waals surface area contributed by atoms with E-state index in [2.05, 4.69) is 42.5 Å². The van der Waals surface area contributed by atoms with Gasteiger partial charge in [-0.2, -0.15) is 0 Å². The number of rotatable bonds is 4. The number of piperazine rings is 1. The van der Waals surface area contributed by atoms with Gasteiger partial charge in [0.05, 0.1) is 9.17 Å². The maximum atomic E-state index is 13.3. The SMILES string of the molecule is Cc1ccc(NS(=O)(=O)c2c(Br)sc3ccnc(N4CCN(C)CC4)c23)cc1.Cl. The van der Waals surface area contributed by atoms with Gasteiger partial charge in [0, 0.05) is 42.8 Å². The van der Waals surface area contributed by atoms with E-state index in [0.717, 1.165) is 42.3 Å². The van der Waals surface area contributed by atoms with Gasteiger partial charge in [-0.05, 0) is 48.1 Å². The molecule has 1 saturated heterocycles. The van der Waals surface area contributed by atoms with Gasteiger partial charge in [0.15, 0.2) is 0 Å². The lowest BCUT2D eigenvalue weighted by Gasteiger charge is -2.33. The predicted octanol–water partition coefficient (Wildman–Crippen LogP) is 4.34. The van der Waals surface area contributed by atoms with Crippen molar-refractivity contribution in [2.45, 2.75) is 11.8 Å². The fourth-order valence-corrected chi connectivity index (χ4v) is 7.22. The summed E-state index contributed by atoms with van der Waals surface area (Å²) in [5, 5.41) is 0.684. The van der Waals surface area contributed by atoms with Crippen molar-refractivity contribution in [2.75, 3.05) is 42.8 Å². The molecule has 1 aromatic carbocycles. The smallest absolute Gasteiger partial charge is 0.264 e. The Hall–Kier alpha value is -1.39. The van der Waals surface area contributed by atoms with Gasteiger partial charge in [-0.1, -0.05) is 17.7 Å². The highest BCUT2D eigenvalue weighted by atomic mass is 79.9. The summed E-state index contributed by atoms with van der Waals surface area (Å²) in [6.45, 7) is 5.46. The van der Waals surface area contributed by atoms with E-state index in [4.69, 9.17) is 0 Å². The molecule has 0 aliphatic carbocycles. The number of anilines is 2. The summed E-state index contributed by atoms with van der Waals surface area (Å²) in [5.74, 6) is 0.733. The Kier molecular flexibility index (Phi) is 6.74. The second-order valence-electron chi connectivity index (χ2n) is 6.97. The quantitative estimate of drug-likeness (QED) is 0.558. The first kappa shape index (κ1) is 22.3. The van der Waals surface area contributed by atoms with Crippen LogP contribution < -0.4 is 9.62 Å². The van der Waals surface area contributed by atoms with Crippen LogP contribution >= 0.6 is 39.7 Å². The van der Waals surface area contributed by atoms with Gasteiger partial charge >= 0.3 is 0 Å². The molecular formula is C19H22BrClN4O2S2. The summed E-state index contributed by atoms with van der Waals surface area (Å²) in [5.41, 5.74) is 1.62. The Morgan fingerprint density at radius 3 is 2.41 bits per heavy atom. The summed E-state index contributed by atoms with van der Waals surface area (Å²) in [6, 6.07) is 9.19. The Bertz CT molecular complexity index is 1110. The molecule has 1 fully saturated rings. The molecular weight excluding hydrogens is 496 g/mol. The van der Waals surface area contributed by atoms with E-state index >= 15 is 0 Å². The number of hydrogen-bond donors (Lipinski definition) is 1. The summed E-state index contributed by atoms with van der Waals surface area (Å²) < 4.78 is 30.8. The second kappa shape index (κ2) is 8.77. The number of fused-ring (bicyclic) bond motifs is 1. The highest BCUT2D eigenvalue weighted by molar-refractivity contribution is 9.11. The van der Waals surface area contributed by atoms with Crippen molar-refractivity contribution in [2.24, 2.45) is 0 Å². The zero-order chi connectivity index (χ0) is 19.9. The lowest BCUT2D eigenvalue weighted by Crippen LogP contribution is -2.44. The van der Waals surface area contributed by atoms with Crippen LogP contribution in [0.15, 0.2) is 45.2 Å². The molecule has 3 heterocycles. The number of thiophene rings is 1. The number of likely N-dealkylation sites (N-methyl/N-ethyl adjacent to an activating group) is 1. The van der Waals surface area contributed by atoms with Crippen molar-refractivity contribution >= 4 is 71.3 Å². The molecule has 0 spiro atoms. The van der Waals surface area contributed by atoms with Crippen LogP contribution in [0.1, 0.15) is 5.56 Å². The number of hydrogen-bond acceptors (Lipinski definition) is 6. The number of aromatic nitrogens is 1. The van der Waals surface area contributed by atoms with E-state index in [9.17, 15) is 8.42 Å². The minimum atomic E-state index is -3.78. The molecule has 0 saturated carbocycles. The first-order valence-electron chi connectivity index (χ1n) is 8.95. The minimum Gasteiger partial charge on any atom is -0.353 e. The average molecular weight is 518 g/mol. The molecule has 4 rings (SSSR count). The number of halogens is 2. The monoisotopic (exact) mass is 516 g/mol. The molecule has 0 unspecified atom stereocenters. The zero-order valence-corrected chi connectivity index (χ0v) is 20.1. The van der Waals surface area contributed by atoms with Crippen molar-refractivity contribution in [3.63, 3.8) is 0 Å². The first-order chi connectivity index (χ1) is 13.3. The van der Waals surface area contributed by atoms with Crippen LogP contribution in [-0.2, 0) is 10.0 Å².